The molecule has 0 saturated heterocycles. The molecule has 0 aliphatic carbocycles. The van der Waals surface area contributed by atoms with Crippen LogP contribution in [0.25, 0.3) is 0 Å². The molecule has 0 aliphatic rings. The topological polar surface area (TPSA) is 51.5 Å². The first-order chi connectivity index (χ1) is 8.90. The fourth-order valence-electron chi connectivity index (χ4n) is 1.65. The van der Waals surface area contributed by atoms with Crippen LogP contribution in [0.5, 0.6) is 0 Å². The van der Waals surface area contributed by atoms with E-state index in [0.717, 1.165) is 0 Å². The van der Waals surface area contributed by atoms with Gasteiger partial charge in [-0.15, -0.1) is 0 Å². The molecule has 0 aliphatic heterocycles. The highest BCUT2D eigenvalue weighted by atomic mass is 16.6. The lowest BCUT2D eigenvalue weighted by molar-refractivity contribution is -0.136. The molecule has 1 aromatic rings. The summed E-state index contributed by atoms with van der Waals surface area (Å²) in [4.78, 5) is 25.6. The molecule has 19 heavy (non-hydrogen) atoms. The van der Waals surface area contributed by atoms with Crippen LogP contribution in [-0.2, 0) is 16.1 Å². The van der Waals surface area contributed by atoms with Gasteiger partial charge in [0.1, 0.15) is 0 Å². The highest BCUT2D eigenvalue weighted by Gasteiger charge is 2.32. The molecular weight excluding hydrogens is 244 g/mol. The van der Waals surface area contributed by atoms with Gasteiger partial charge in [0.25, 0.3) is 0 Å². The van der Waals surface area contributed by atoms with Crippen molar-refractivity contribution in [1.29, 1.82) is 0 Å². The molecule has 0 spiro atoms. The standard InChI is InChI=1S/C14H22N2O3/c1-5-16(6-2)13(18)19-14(3,4)12(17)11-15-9-7-8-10-15/h7-10H,5-6,11H2,1-4H3. The lowest BCUT2D eigenvalue weighted by atomic mass is 10.0. The number of amides is 1. The molecule has 0 N–H and O–H groups in total. The van der Waals surface area contributed by atoms with Gasteiger partial charge >= 0.3 is 6.09 Å². The van der Waals surface area contributed by atoms with Crippen LogP contribution in [0.15, 0.2) is 24.5 Å². The molecule has 0 saturated carbocycles. The van der Waals surface area contributed by atoms with Crippen molar-refractivity contribution in [3.8, 4) is 0 Å². The molecule has 1 amide bonds. The van der Waals surface area contributed by atoms with E-state index in [-0.39, 0.29) is 12.3 Å². The van der Waals surface area contributed by atoms with Gasteiger partial charge < -0.3 is 14.2 Å². The Balaban J connectivity index is 2.64. The molecule has 5 nitrogen and oxygen atoms in total. The SMILES string of the molecule is CCN(CC)C(=O)OC(C)(C)C(=O)Cn1cccc1. The van der Waals surface area contributed by atoms with Crippen LogP contribution >= 0.6 is 0 Å². The number of carbonyl (C=O) groups is 2. The van der Waals surface area contributed by atoms with Crippen molar-refractivity contribution in [3.05, 3.63) is 24.5 Å². The third-order valence-electron chi connectivity index (χ3n) is 3.03. The average molecular weight is 266 g/mol. The Kier molecular flexibility index (Phi) is 5.15. The lowest BCUT2D eigenvalue weighted by Gasteiger charge is -2.27. The zero-order valence-electron chi connectivity index (χ0n) is 12.0. The maximum atomic E-state index is 12.2. The van der Waals surface area contributed by atoms with Gasteiger partial charge in [0.05, 0.1) is 6.54 Å². The number of ether oxygens (including phenoxy) is 1. The molecule has 0 atom stereocenters. The summed E-state index contributed by atoms with van der Waals surface area (Å²) in [5, 5.41) is 0. The second-order valence-corrected chi connectivity index (χ2v) is 4.83. The van der Waals surface area contributed by atoms with E-state index >= 15 is 0 Å². The Morgan fingerprint density at radius 3 is 2.16 bits per heavy atom. The zero-order chi connectivity index (χ0) is 14.5. The Hall–Kier alpha value is -1.78. The second kappa shape index (κ2) is 6.41. The summed E-state index contributed by atoms with van der Waals surface area (Å²) in [7, 11) is 0. The van der Waals surface area contributed by atoms with Gasteiger partial charge in [-0.1, -0.05) is 0 Å². The van der Waals surface area contributed by atoms with Crippen molar-refractivity contribution in [2.24, 2.45) is 0 Å². The first kappa shape index (κ1) is 15.3. The number of aromatic nitrogens is 1. The third kappa shape index (κ3) is 4.12. The molecule has 0 bridgehead atoms. The molecule has 5 heteroatoms. The molecule has 0 unspecified atom stereocenters. The molecule has 1 aromatic heterocycles. The van der Waals surface area contributed by atoms with Crippen molar-refractivity contribution in [3.63, 3.8) is 0 Å². The summed E-state index contributed by atoms with van der Waals surface area (Å²) >= 11 is 0. The number of carbonyl (C=O) groups excluding carboxylic acids is 2. The van der Waals surface area contributed by atoms with Gasteiger partial charge in [0, 0.05) is 25.5 Å². The van der Waals surface area contributed by atoms with Gasteiger partial charge in [-0.05, 0) is 39.8 Å². The van der Waals surface area contributed by atoms with E-state index in [9.17, 15) is 9.59 Å². The normalized spacial score (nSPS) is 11.2. The highest BCUT2D eigenvalue weighted by Crippen LogP contribution is 2.14. The smallest absolute Gasteiger partial charge is 0.410 e. The van der Waals surface area contributed by atoms with Gasteiger partial charge in [-0.2, -0.15) is 0 Å². The number of hydrogen-bond donors (Lipinski definition) is 0. The van der Waals surface area contributed by atoms with Gasteiger partial charge in [0.2, 0.25) is 0 Å². The maximum Gasteiger partial charge on any atom is 0.410 e. The van der Waals surface area contributed by atoms with E-state index in [0.29, 0.717) is 13.1 Å². The number of rotatable bonds is 6. The second-order valence-electron chi connectivity index (χ2n) is 4.83. The summed E-state index contributed by atoms with van der Waals surface area (Å²) in [6, 6.07) is 3.70. The third-order valence-corrected chi connectivity index (χ3v) is 3.03. The minimum absolute atomic E-state index is 0.135. The summed E-state index contributed by atoms with van der Waals surface area (Å²) in [5.74, 6) is -0.135. The van der Waals surface area contributed by atoms with E-state index < -0.39 is 11.7 Å². The quantitative estimate of drug-likeness (QED) is 0.794. The summed E-state index contributed by atoms with van der Waals surface area (Å²) in [6.07, 6.45) is 3.16. The number of nitrogens with zero attached hydrogens (tertiary/aromatic N) is 2. The fourth-order valence-corrected chi connectivity index (χ4v) is 1.65. The minimum atomic E-state index is -1.12. The zero-order valence-corrected chi connectivity index (χ0v) is 12.0. The van der Waals surface area contributed by atoms with Crippen LogP contribution < -0.4 is 0 Å². The monoisotopic (exact) mass is 266 g/mol. The van der Waals surface area contributed by atoms with Gasteiger partial charge in [-0.25, -0.2) is 4.79 Å². The van der Waals surface area contributed by atoms with Crippen molar-refractivity contribution in [1.82, 2.24) is 9.47 Å². The predicted molar refractivity (Wildman–Crippen MR) is 72.9 cm³/mol. The van der Waals surface area contributed by atoms with Crippen molar-refractivity contribution >= 4 is 11.9 Å². The Bertz CT molecular complexity index is 420. The van der Waals surface area contributed by atoms with Crippen LogP contribution in [0.4, 0.5) is 4.79 Å². The van der Waals surface area contributed by atoms with E-state index in [1.807, 2.05) is 26.0 Å². The van der Waals surface area contributed by atoms with E-state index in [1.54, 1.807) is 35.7 Å². The van der Waals surface area contributed by atoms with Crippen LogP contribution in [-0.4, -0.2) is 40.0 Å². The van der Waals surface area contributed by atoms with Gasteiger partial charge in [-0.3, -0.25) is 4.79 Å². The summed E-state index contributed by atoms with van der Waals surface area (Å²) < 4.78 is 7.08. The molecule has 0 radical (unpaired) electrons. The number of hydrogen-bond acceptors (Lipinski definition) is 3. The average Bonchev–Trinajstić information content (AvgIpc) is 2.82. The van der Waals surface area contributed by atoms with Crippen LogP contribution in [0.1, 0.15) is 27.7 Å². The molecular formula is C14H22N2O3. The van der Waals surface area contributed by atoms with Crippen molar-refractivity contribution in [2.75, 3.05) is 13.1 Å². The van der Waals surface area contributed by atoms with Crippen LogP contribution in [0, 0.1) is 0 Å². The molecule has 0 aromatic carbocycles. The number of ketones is 1. The van der Waals surface area contributed by atoms with Crippen molar-refractivity contribution in [2.45, 2.75) is 39.8 Å². The summed E-state index contributed by atoms with van der Waals surface area (Å²) in [6.45, 7) is 8.33. The first-order valence-electron chi connectivity index (χ1n) is 6.52. The minimum Gasteiger partial charge on any atom is -0.435 e. The lowest BCUT2D eigenvalue weighted by Crippen LogP contribution is -2.43. The predicted octanol–water partition coefficient (Wildman–Crippen LogP) is 2.31. The largest absolute Gasteiger partial charge is 0.435 e. The van der Waals surface area contributed by atoms with Crippen LogP contribution in [0.2, 0.25) is 0 Å². The Morgan fingerprint density at radius 1 is 1.16 bits per heavy atom. The highest BCUT2D eigenvalue weighted by molar-refractivity contribution is 5.88. The summed E-state index contributed by atoms with van der Waals surface area (Å²) in [5.41, 5.74) is -1.12. The molecule has 1 rings (SSSR count). The van der Waals surface area contributed by atoms with Crippen LogP contribution in [0.3, 0.4) is 0 Å². The maximum absolute atomic E-state index is 12.2. The van der Waals surface area contributed by atoms with E-state index in [2.05, 4.69) is 0 Å². The molecule has 0 fully saturated rings. The fraction of sp³-hybridized carbons (Fsp3) is 0.571. The Morgan fingerprint density at radius 2 is 1.68 bits per heavy atom. The molecule has 1 heterocycles. The van der Waals surface area contributed by atoms with E-state index in [4.69, 9.17) is 4.74 Å². The van der Waals surface area contributed by atoms with E-state index in [1.165, 1.54) is 0 Å². The first-order valence-corrected chi connectivity index (χ1v) is 6.52. The number of Topliss-reactive ketones (excluding diaryl/α,β-unsaturated/α-hetero) is 1. The van der Waals surface area contributed by atoms with Gasteiger partial charge in [0.15, 0.2) is 11.4 Å². The molecule has 106 valence electrons. The Labute approximate surface area is 114 Å². The van der Waals surface area contributed by atoms with Crippen molar-refractivity contribution < 1.29 is 14.3 Å².